The number of esters is 1. The summed E-state index contributed by atoms with van der Waals surface area (Å²) in [4.78, 5) is 10.9. The molecule has 0 N–H and O–H groups in total. The van der Waals surface area contributed by atoms with Crippen molar-refractivity contribution in [2.75, 3.05) is 39.6 Å². The van der Waals surface area contributed by atoms with Crippen LogP contribution in [-0.4, -0.2) is 45.6 Å². The molecule has 0 radical (unpaired) electrons. The fourth-order valence-corrected chi connectivity index (χ4v) is 2.78. The highest BCUT2D eigenvalue weighted by Crippen LogP contribution is 2.27. The summed E-state index contributed by atoms with van der Waals surface area (Å²) < 4.78 is 27.2. The van der Waals surface area contributed by atoms with Gasteiger partial charge in [-0.2, -0.15) is 0 Å². The Morgan fingerprint density at radius 3 is 2.03 bits per heavy atom. The molecule has 0 amide bonds. The summed E-state index contributed by atoms with van der Waals surface area (Å²) in [6, 6.07) is 21.6. The second kappa shape index (κ2) is 12.4. The van der Waals surface area contributed by atoms with Crippen LogP contribution < -0.4 is 9.47 Å². The number of fused-ring (bicyclic) bond motifs is 1. The second-order valence-electron chi connectivity index (χ2n) is 6.53. The first-order valence-corrected chi connectivity index (χ1v) is 10.1. The van der Waals surface area contributed by atoms with Crippen molar-refractivity contribution < 1.29 is 28.5 Å². The average Bonchev–Trinajstić information content (AvgIpc) is 2.80. The van der Waals surface area contributed by atoms with Gasteiger partial charge in [-0.3, -0.25) is 0 Å². The van der Waals surface area contributed by atoms with Crippen LogP contribution in [0, 0.1) is 0 Å². The number of carbonyl (C=O) groups excluding carboxylic acids is 1. The molecule has 6 nitrogen and oxygen atoms in total. The molecule has 0 unspecified atom stereocenters. The Kier molecular flexibility index (Phi) is 8.91. The molecular formula is C25H26O6. The number of hydrogen-bond acceptors (Lipinski definition) is 6. The standard InChI is InChI=1S/C25H26O6/c1-2-25(26)30-17-15-28-13-12-27-14-16-29-23-10-8-21-19-24(11-9-20(21)18-23)31-22-6-4-3-5-7-22/h2-11,18-19H,1,12-17H2. The normalized spacial score (nSPS) is 10.6. The SMILES string of the molecule is C=CC(=O)OCCOCCOCCOc1ccc2cc(Oc3ccccc3)ccc2c1. The number of rotatable bonds is 13. The number of para-hydroxylation sites is 1. The van der Waals surface area contributed by atoms with Gasteiger partial charge in [-0.15, -0.1) is 0 Å². The summed E-state index contributed by atoms with van der Waals surface area (Å²) in [7, 11) is 0. The van der Waals surface area contributed by atoms with Gasteiger partial charge in [-0.1, -0.05) is 36.9 Å². The van der Waals surface area contributed by atoms with Crippen molar-refractivity contribution in [3.8, 4) is 17.2 Å². The molecule has 0 atom stereocenters. The van der Waals surface area contributed by atoms with Crippen LogP contribution in [0.1, 0.15) is 0 Å². The van der Waals surface area contributed by atoms with E-state index < -0.39 is 5.97 Å². The summed E-state index contributed by atoms with van der Waals surface area (Å²) in [6.07, 6.45) is 1.12. The molecule has 31 heavy (non-hydrogen) atoms. The first-order valence-electron chi connectivity index (χ1n) is 10.1. The Balaban J connectivity index is 1.34. The minimum absolute atomic E-state index is 0.204. The zero-order chi connectivity index (χ0) is 21.7. The van der Waals surface area contributed by atoms with Crippen molar-refractivity contribution in [1.29, 1.82) is 0 Å². The number of benzene rings is 3. The number of carbonyl (C=O) groups is 1. The van der Waals surface area contributed by atoms with E-state index in [1.165, 1.54) is 0 Å². The molecule has 0 aromatic heterocycles. The van der Waals surface area contributed by atoms with Crippen LogP contribution in [0.4, 0.5) is 0 Å². The van der Waals surface area contributed by atoms with Gasteiger partial charge < -0.3 is 23.7 Å². The van der Waals surface area contributed by atoms with Crippen LogP contribution in [0.3, 0.4) is 0 Å². The van der Waals surface area contributed by atoms with Gasteiger partial charge in [0, 0.05) is 6.08 Å². The molecule has 6 heteroatoms. The third kappa shape index (κ3) is 7.77. The average molecular weight is 422 g/mol. The van der Waals surface area contributed by atoms with Crippen molar-refractivity contribution in [3.63, 3.8) is 0 Å². The number of ether oxygens (including phenoxy) is 5. The van der Waals surface area contributed by atoms with E-state index in [2.05, 4.69) is 6.58 Å². The lowest BCUT2D eigenvalue weighted by Gasteiger charge is -2.10. The molecule has 0 aliphatic rings. The van der Waals surface area contributed by atoms with E-state index in [1.54, 1.807) is 0 Å². The summed E-state index contributed by atoms with van der Waals surface area (Å²) >= 11 is 0. The molecule has 162 valence electrons. The van der Waals surface area contributed by atoms with Crippen LogP contribution in [0.5, 0.6) is 17.2 Å². The molecule has 0 aliphatic heterocycles. The van der Waals surface area contributed by atoms with Gasteiger partial charge in [0.05, 0.1) is 26.4 Å². The minimum atomic E-state index is -0.452. The first kappa shape index (κ1) is 22.3. The van der Waals surface area contributed by atoms with Crippen LogP contribution in [0.2, 0.25) is 0 Å². The van der Waals surface area contributed by atoms with E-state index in [4.69, 9.17) is 23.7 Å². The predicted molar refractivity (Wildman–Crippen MR) is 119 cm³/mol. The van der Waals surface area contributed by atoms with E-state index in [0.29, 0.717) is 33.0 Å². The van der Waals surface area contributed by atoms with Gasteiger partial charge in [0.2, 0.25) is 0 Å². The van der Waals surface area contributed by atoms with Gasteiger partial charge >= 0.3 is 5.97 Å². The maximum absolute atomic E-state index is 10.9. The van der Waals surface area contributed by atoms with Gasteiger partial charge in [0.1, 0.15) is 30.5 Å². The van der Waals surface area contributed by atoms with E-state index in [9.17, 15) is 4.79 Å². The third-order valence-corrected chi connectivity index (χ3v) is 4.27. The molecule has 0 heterocycles. The zero-order valence-corrected chi connectivity index (χ0v) is 17.3. The Morgan fingerprint density at radius 1 is 0.710 bits per heavy atom. The topological polar surface area (TPSA) is 63.2 Å². The highest BCUT2D eigenvalue weighted by atomic mass is 16.6. The van der Waals surface area contributed by atoms with Crippen molar-refractivity contribution >= 4 is 16.7 Å². The van der Waals surface area contributed by atoms with Crippen LogP contribution in [0.15, 0.2) is 79.4 Å². The molecule has 0 saturated heterocycles. The Morgan fingerprint density at radius 2 is 1.32 bits per heavy atom. The third-order valence-electron chi connectivity index (χ3n) is 4.27. The van der Waals surface area contributed by atoms with Crippen molar-refractivity contribution in [2.24, 2.45) is 0 Å². The lowest BCUT2D eigenvalue weighted by molar-refractivity contribution is -0.139. The quantitative estimate of drug-likeness (QED) is 0.225. The largest absolute Gasteiger partial charge is 0.491 e. The smallest absolute Gasteiger partial charge is 0.330 e. The summed E-state index contributed by atoms with van der Waals surface area (Å²) in [5, 5.41) is 2.15. The fourth-order valence-electron chi connectivity index (χ4n) is 2.78. The van der Waals surface area contributed by atoms with Crippen LogP contribution in [-0.2, 0) is 19.0 Å². The van der Waals surface area contributed by atoms with Gasteiger partial charge in [0.25, 0.3) is 0 Å². The van der Waals surface area contributed by atoms with E-state index >= 15 is 0 Å². The lowest BCUT2D eigenvalue weighted by Crippen LogP contribution is -2.13. The molecule has 3 aromatic rings. The van der Waals surface area contributed by atoms with E-state index in [1.807, 2.05) is 66.7 Å². The maximum Gasteiger partial charge on any atom is 0.330 e. The summed E-state index contributed by atoms with van der Waals surface area (Å²) in [6.45, 7) is 5.62. The molecule has 0 spiro atoms. The molecule has 3 aromatic carbocycles. The Hall–Kier alpha value is -3.35. The van der Waals surface area contributed by atoms with Gasteiger partial charge in [0.15, 0.2) is 0 Å². The molecular weight excluding hydrogens is 396 g/mol. The highest BCUT2D eigenvalue weighted by molar-refractivity contribution is 5.85. The summed E-state index contributed by atoms with van der Waals surface area (Å²) in [5.41, 5.74) is 0. The summed E-state index contributed by atoms with van der Waals surface area (Å²) in [5.74, 6) is 1.94. The highest BCUT2D eigenvalue weighted by Gasteiger charge is 2.02. The predicted octanol–water partition coefficient (Wildman–Crippen LogP) is 4.77. The maximum atomic E-state index is 10.9. The monoisotopic (exact) mass is 422 g/mol. The van der Waals surface area contributed by atoms with Crippen molar-refractivity contribution in [3.05, 3.63) is 79.4 Å². The van der Waals surface area contributed by atoms with Gasteiger partial charge in [-0.25, -0.2) is 4.79 Å². The molecule has 0 saturated carbocycles. The molecule has 0 bridgehead atoms. The van der Waals surface area contributed by atoms with Crippen LogP contribution in [0.25, 0.3) is 10.8 Å². The van der Waals surface area contributed by atoms with Gasteiger partial charge in [-0.05, 0) is 47.2 Å². The zero-order valence-electron chi connectivity index (χ0n) is 17.3. The van der Waals surface area contributed by atoms with Crippen LogP contribution >= 0.6 is 0 Å². The molecule has 0 aliphatic carbocycles. The Bertz CT molecular complexity index is 970. The van der Waals surface area contributed by atoms with Crippen molar-refractivity contribution in [2.45, 2.75) is 0 Å². The van der Waals surface area contributed by atoms with E-state index in [-0.39, 0.29) is 6.61 Å². The first-order chi connectivity index (χ1) is 15.2. The van der Waals surface area contributed by atoms with Crippen molar-refractivity contribution in [1.82, 2.24) is 0 Å². The Labute approximate surface area is 181 Å². The minimum Gasteiger partial charge on any atom is -0.491 e. The second-order valence-corrected chi connectivity index (χ2v) is 6.53. The van der Waals surface area contributed by atoms with E-state index in [0.717, 1.165) is 34.1 Å². The lowest BCUT2D eigenvalue weighted by atomic mass is 10.1. The molecule has 0 fully saturated rings. The molecule has 3 rings (SSSR count). The number of hydrogen-bond donors (Lipinski definition) is 0. The fraction of sp³-hybridized carbons (Fsp3) is 0.240.